The van der Waals surface area contributed by atoms with Gasteiger partial charge < -0.3 is 5.11 Å². The van der Waals surface area contributed by atoms with Crippen LogP contribution in [0.5, 0.6) is 0 Å². The van der Waals surface area contributed by atoms with E-state index in [0.29, 0.717) is 0 Å². The number of carboxylic acids is 1. The zero-order valence-electron chi connectivity index (χ0n) is 8.26. The third kappa shape index (κ3) is 8.53. The molecule has 1 unspecified atom stereocenters. The summed E-state index contributed by atoms with van der Waals surface area (Å²) >= 11 is 2.00. The minimum Gasteiger partial charge on any atom is -0.480 e. The van der Waals surface area contributed by atoms with E-state index in [1.807, 2.05) is 22.6 Å². The first-order valence-corrected chi connectivity index (χ1v) is 6.30. The van der Waals surface area contributed by atoms with Gasteiger partial charge in [0.15, 0.2) is 0 Å². The molecule has 0 heterocycles. The Hall–Kier alpha value is 0.200. The van der Waals surface area contributed by atoms with Crippen molar-refractivity contribution in [2.45, 2.75) is 55.8 Å². The number of rotatable bonds is 8. The number of halogens is 1. The van der Waals surface area contributed by atoms with Crippen molar-refractivity contribution in [3.63, 3.8) is 0 Å². The van der Waals surface area contributed by atoms with Crippen molar-refractivity contribution in [1.29, 1.82) is 0 Å². The van der Waals surface area contributed by atoms with Crippen LogP contribution in [0.3, 0.4) is 0 Å². The molecule has 0 aromatic rings. The maximum atomic E-state index is 10.5. The highest BCUT2D eigenvalue weighted by Gasteiger charge is 2.11. The van der Waals surface area contributed by atoms with E-state index in [4.69, 9.17) is 5.11 Å². The van der Waals surface area contributed by atoms with Gasteiger partial charge in [-0.25, -0.2) is 0 Å². The largest absolute Gasteiger partial charge is 0.480 e. The van der Waals surface area contributed by atoms with Gasteiger partial charge in [-0.1, -0.05) is 68.0 Å². The van der Waals surface area contributed by atoms with Gasteiger partial charge in [-0.05, 0) is 6.42 Å². The van der Waals surface area contributed by atoms with Gasteiger partial charge in [0.2, 0.25) is 0 Å². The van der Waals surface area contributed by atoms with Crippen molar-refractivity contribution in [3.05, 3.63) is 0 Å². The summed E-state index contributed by atoms with van der Waals surface area (Å²) in [4.78, 5) is 10.5. The molecule has 1 atom stereocenters. The van der Waals surface area contributed by atoms with Crippen molar-refractivity contribution >= 4 is 28.6 Å². The number of unbranched alkanes of at least 4 members (excludes halogenated alkanes) is 5. The van der Waals surface area contributed by atoms with Gasteiger partial charge in [0.1, 0.15) is 3.92 Å². The third-order valence-corrected chi connectivity index (χ3v) is 3.23. The standard InChI is InChI=1S/C10H19IO2/c1-2-3-4-5-6-7-8-9(11)10(12)13/h9H,2-8H2,1H3,(H,12,13). The van der Waals surface area contributed by atoms with E-state index in [0.717, 1.165) is 12.8 Å². The van der Waals surface area contributed by atoms with Crippen LogP contribution < -0.4 is 0 Å². The molecule has 0 bridgehead atoms. The summed E-state index contributed by atoms with van der Waals surface area (Å²) in [6.45, 7) is 2.20. The molecule has 1 N–H and O–H groups in total. The van der Waals surface area contributed by atoms with Gasteiger partial charge >= 0.3 is 5.97 Å². The molecule has 78 valence electrons. The topological polar surface area (TPSA) is 37.3 Å². The third-order valence-electron chi connectivity index (χ3n) is 2.08. The van der Waals surface area contributed by atoms with Crippen LogP contribution in [0, 0.1) is 0 Å². The van der Waals surface area contributed by atoms with E-state index in [-0.39, 0.29) is 3.92 Å². The Labute approximate surface area is 94.2 Å². The lowest BCUT2D eigenvalue weighted by molar-refractivity contribution is -0.136. The Morgan fingerprint density at radius 3 is 2.31 bits per heavy atom. The van der Waals surface area contributed by atoms with Crippen molar-refractivity contribution in [3.8, 4) is 0 Å². The lowest BCUT2D eigenvalue weighted by Gasteiger charge is -2.03. The molecule has 0 rings (SSSR count). The molecule has 0 aromatic carbocycles. The Morgan fingerprint density at radius 2 is 1.77 bits per heavy atom. The summed E-state index contributed by atoms with van der Waals surface area (Å²) in [5, 5.41) is 8.62. The highest BCUT2D eigenvalue weighted by Crippen LogP contribution is 2.13. The Kier molecular flexibility index (Phi) is 8.92. The summed E-state index contributed by atoms with van der Waals surface area (Å²) < 4.78 is -0.191. The average molecular weight is 298 g/mol. The number of alkyl halides is 1. The Morgan fingerprint density at radius 1 is 1.23 bits per heavy atom. The summed E-state index contributed by atoms with van der Waals surface area (Å²) in [5.74, 6) is -0.672. The van der Waals surface area contributed by atoms with Gasteiger partial charge in [-0.2, -0.15) is 0 Å². The molecule has 0 amide bonds. The summed E-state index contributed by atoms with van der Waals surface area (Å²) in [5.41, 5.74) is 0. The quantitative estimate of drug-likeness (QED) is 0.422. The van der Waals surface area contributed by atoms with Crippen molar-refractivity contribution in [2.75, 3.05) is 0 Å². The molecule has 0 spiro atoms. The molecular formula is C10H19IO2. The molecular weight excluding hydrogens is 279 g/mol. The lowest BCUT2D eigenvalue weighted by Crippen LogP contribution is -2.11. The van der Waals surface area contributed by atoms with Crippen LogP contribution in [-0.4, -0.2) is 15.0 Å². The van der Waals surface area contributed by atoms with E-state index in [1.165, 1.54) is 32.1 Å². The van der Waals surface area contributed by atoms with Gasteiger partial charge in [0.05, 0.1) is 0 Å². The molecule has 0 saturated heterocycles. The molecule has 0 aliphatic rings. The lowest BCUT2D eigenvalue weighted by atomic mass is 10.1. The number of hydrogen-bond acceptors (Lipinski definition) is 1. The SMILES string of the molecule is CCCCCCCCC(I)C(=O)O. The van der Waals surface area contributed by atoms with Crippen molar-refractivity contribution in [2.24, 2.45) is 0 Å². The number of carboxylic acid groups (broad SMARTS) is 1. The average Bonchev–Trinajstić information content (AvgIpc) is 2.10. The fourth-order valence-electron chi connectivity index (χ4n) is 1.23. The fourth-order valence-corrected chi connectivity index (χ4v) is 1.67. The molecule has 0 fully saturated rings. The summed E-state index contributed by atoms with van der Waals surface area (Å²) in [6.07, 6.45) is 8.21. The van der Waals surface area contributed by atoms with Crippen LogP contribution in [0.4, 0.5) is 0 Å². The first-order valence-electron chi connectivity index (χ1n) is 5.05. The molecule has 13 heavy (non-hydrogen) atoms. The minimum atomic E-state index is -0.672. The summed E-state index contributed by atoms with van der Waals surface area (Å²) in [6, 6.07) is 0. The van der Waals surface area contributed by atoms with Crippen molar-refractivity contribution in [1.82, 2.24) is 0 Å². The highest BCUT2D eigenvalue weighted by molar-refractivity contribution is 14.1. The van der Waals surface area contributed by atoms with Crippen LogP contribution >= 0.6 is 22.6 Å². The smallest absolute Gasteiger partial charge is 0.316 e. The van der Waals surface area contributed by atoms with Gasteiger partial charge in [-0.3, -0.25) is 4.79 Å². The van der Waals surface area contributed by atoms with Gasteiger partial charge in [0.25, 0.3) is 0 Å². The molecule has 0 aliphatic carbocycles. The molecule has 0 saturated carbocycles. The normalized spacial score (nSPS) is 12.8. The van der Waals surface area contributed by atoms with Crippen LogP contribution in [-0.2, 0) is 4.79 Å². The van der Waals surface area contributed by atoms with Crippen molar-refractivity contribution < 1.29 is 9.90 Å². The molecule has 0 aromatic heterocycles. The van der Waals surface area contributed by atoms with E-state index >= 15 is 0 Å². The van der Waals surface area contributed by atoms with Crippen LogP contribution in [0.2, 0.25) is 0 Å². The molecule has 3 heteroatoms. The van der Waals surface area contributed by atoms with E-state index in [1.54, 1.807) is 0 Å². The van der Waals surface area contributed by atoms with E-state index in [9.17, 15) is 4.79 Å². The predicted molar refractivity (Wildman–Crippen MR) is 63.4 cm³/mol. The second-order valence-electron chi connectivity index (χ2n) is 3.36. The second kappa shape index (κ2) is 8.78. The number of hydrogen-bond donors (Lipinski definition) is 1. The number of aliphatic carboxylic acids is 1. The molecule has 0 aliphatic heterocycles. The first-order chi connectivity index (χ1) is 6.18. The zero-order valence-corrected chi connectivity index (χ0v) is 10.4. The maximum Gasteiger partial charge on any atom is 0.316 e. The number of carbonyl (C=O) groups is 1. The van der Waals surface area contributed by atoms with Crippen LogP contribution in [0.25, 0.3) is 0 Å². The van der Waals surface area contributed by atoms with E-state index < -0.39 is 5.97 Å². The first kappa shape index (κ1) is 13.2. The highest BCUT2D eigenvalue weighted by atomic mass is 127. The minimum absolute atomic E-state index is 0.191. The predicted octanol–water partition coefficient (Wildman–Crippen LogP) is 3.63. The molecule has 0 radical (unpaired) electrons. The second-order valence-corrected chi connectivity index (χ2v) is 4.87. The van der Waals surface area contributed by atoms with Gasteiger partial charge in [-0.15, -0.1) is 0 Å². The summed E-state index contributed by atoms with van der Waals surface area (Å²) in [7, 11) is 0. The Bertz CT molecular complexity index is 137. The molecule has 2 nitrogen and oxygen atoms in total. The Balaban J connectivity index is 3.11. The van der Waals surface area contributed by atoms with Gasteiger partial charge in [0, 0.05) is 0 Å². The van der Waals surface area contributed by atoms with Crippen LogP contribution in [0.1, 0.15) is 51.9 Å². The maximum absolute atomic E-state index is 10.5. The van der Waals surface area contributed by atoms with Crippen LogP contribution in [0.15, 0.2) is 0 Å². The van der Waals surface area contributed by atoms with E-state index in [2.05, 4.69) is 6.92 Å². The zero-order chi connectivity index (χ0) is 10.1. The monoisotopic (exact) mass is 298 g/mol. The fraction of sp³-hybridized carbons (Fsp3) is 0.900.